The number of nitrogens with one attached hydrogen (secondary N) is 5. The molecule has 0 radical (unpaired) electrons. The second-order valence-electron chi connectivity index (χ2n) is 6.44. The van der Waals surface area contributed by atoms with E-state index in [2.05, 4.69) is 21.3 Å². The molecule has 10 N–H and O–H groups in total. The van der Waals surface area contributed by atoms with E-state index in [1.165, 1.54) is 20.2 Å². The number of aliphatic carboxylic acids is 1. The number of carboxylic acids is 1. The number of rotatable bonds is 14. The molecule has 32 heavy (non-hydrogen) atoms. The van der Waals surface area contributed by atoms with Gasteiger partial charge in [0, 0.05) is 0 Å². The molecule has 5 amide bonds. The largest absolute Gasteiger partial charge is 0.477 e. The Morgan fingerprint density at radius 2 is 1.59 bits per heavy atom. The molecule has 0 heterocycles. The van der Waals surface area contributed by atoms with Gasteiger partial charge in [0.2, 0.25) is 29.5 Å². The van der Waals surface area contributed by atoms with Gasteiger partial charge >= 0.3 is 5.97 Å². The predicted octanol–water partition coefficient (Wildman–Crippen LogP) is -5.24. The molecule has 16 heteroatoms. The van der Waals surface area contributed by atoms with Crippen LogP contribution in [0.25, 0.3) is 0 Å². The lowest BCUT2D eigenvalue weighted by atomic mass is 10.1. The lowest BCUT2D eigenvalue weighted by molar-refractivity contribution is -0.155. The number of hydrogen-bond acceptors (Lipinski definition) is 10. The molecule has 0 aromatic carbocycles. The van der Waals surface area contributed by atoms with Crippen molar-refractivity contribution < 1.29 is 44.1 Å². The minimum absolute atomic E-state index is 0.123. The van der Waals surface area contributed by atoms with E-state index < -0.39 is 71.7 Å². The number of nitrogens with two attached hydrogens (primary N) is 1. The summed E-state index contributed by atoms with van der Waals surface area (Å²) in [4.78, 5) is 70.8. The van der Waals surface area contributed by atoms with Crippen molar-refractivity contribution in [2.75, 3.05) is 26.5 Å². The van der Waals surface area contributed by atoms with Crippen molar-refractivity contribution in [1.82, 2.24) is 26.6 Å². The average Bonchev–Trinajstić information content (AvgIpc) is 2.70. The predicted molar refractivity (Wildman–Crippen MR) is 111 cm³/mol. The van der Waals surface area contributed by atoms with Gasteiger partial charge in [-0.15, -0.1) is 0 Å². The second-order valence-corrected chi connectivity index (χ2v) is 7.44. The Labute approximate surface area is 187 Å². The van der Waals surface area contributed by atoms with Crippen LogP contribution in [0, 0.1) is 0 Å². The van der Waals surface area contributed by atoms with Gasteiger partial charge in [0.1, 0.15) is 18.1 Å². The van der Waals surface area contributed by atoms with Crippen LogP contribution in [0.2, 0.25) is 0 Å². The summed E-state index contributed by atoms with van der Waals surface area (Å²) in [6, 6.07) is -4.33. The number of aliphatic hydroxyl groups excluding tert-OH is 1. The molecule has 0 aromatic heterocycles. The third-order valence-corrected chi connectivity index (χ3v) is 4.71. The lowest BCUT2D eigenvalue weighted by Gasteiger charge is -2.26. The molecular formula is C16H28N6O9S. The van der Waals surface area contributed by atoms with Gasteiger partial charge in [-0.3, -0.25) is 24.0 Å². The summed E-state index contributed by atoms with van der Waals surface area (Å²) in [7, 11) is 1.50. The van der Waals surface area contributed by atoms with Crippen LogP contribution in [0.3, 0.4) is 0 Å². The molecule has 0 spiro atoms. The molecule has 0 aliphatic rings. The highest BCUT2D eigenvalue weighted by Crippen LogP contribution is 2.16. The van der Waals surface area contributed by atoms with Crippen LogP contribution in [0.4, 0.5) is 0 Å². The van der Waals surface area contributed by atoms with Gasteiger partial charge in [0.25, 0.3) is 5.06 Å². The molecule has 0 aromatic rings. The zero-order chi connectivity index (χ0) is 25.1. The fourth-order valence-corrected chi connectivity index (χ4v) is 2.51. The van der Waals surface area contributed by atoms with Gasteiger partial charge in [-0.05, 0) is 20.2 Å². The van der Waals surface area contributed by atoms with Crippen LogP contribution in [0.15, 0.2) is 0 Å². The Hall–Kier alpha value is -2.95. The Morgan fingerprint density at radius 3 is 2.03 bits per heavy atom. The fourth-order valence-electron chi connectivity index (χ4n) is 2.13. The normalized spacial score (nSPS) is 15.3. The SMILES string of the molecule is CNCC(=O)NC(CO)C(=O)N[C@@H](C)C(=O)N[C@@H](CC(N)=O)C(=O)NC(O)(SC)C(=O)O. The number of carbonyl (C=O) groups is 6. The summed E-state index contributed by atoms with van der Waals surface area (Å²) in [5, 5.41) is 36.4. The minimum Gasteiger partial charge on any atom is -0.477 e. The van der Waals surface area contributed by atoms with E-state index in [0.29, 0.717) is 11.8 Å². The number of amides is 5. The quantitative estimate of drug-likeness (QED) is 0.106. The van der Waals surface area contributed by atoms with Gasteiger partial charge in [-0.2, -0.15) is 0 Å². The molecule has 0 saturated carbocycles. The van der Waals surface area contributed by atoms with Gasteiger partial charge < -0.3 is 47.6 Å². The van der Waals surface area contributed by atoms with E-state index in [0.717, 1.165) is 0 Å². The molecule has 0 aliphatic carbocycles. The number of hydrogen-bond donors (Lipinski definition) is 9. The molecule has 0 bridgehead atoms. The minimum atomic E-state index is -2.72. The highest BCUT2D eigenvalue weighted by molar-refractivity contribution is 8.00. The van der Waals surface area contributed by atoms with Crippen molar-refractivity contribution in [3.63, 3.8) is 0 Å². The molecule has 0 saturated heterocycles. The Morgan fingerprint density at radius 1 is 1.00 bits per heavy atom. The summed E-state index contributed by atoms with van der Waals surface area (Å²) < 4.78 is 0. The molecule has 15 nitrogen and oxygen atoms in total. The highest BCUT2D eigenvalue weighted by Gasteiger charge is 2.39. The summed E-state index contributed by atoms with van der Waals surface area (Å²) >= 11 is 0.368. The monoisotopic (exact) mass is 480 g/mol. The smallest absolute Gasteiger partial charge is 0.368 e. The van der Waals surface area contributed by atoms with Gasteiger partial charge in [-0.1, -0.05) is 11.8 Å². The maximum Gasteiger partial charge on any atom is 0.368 e. The van der Waals surface area contributed by atoms with E-state index >= 15 is 0 Å². The standard InChI is InChI=1S/C16H28N6O9S/c1-7(19-13(27)9(6-23)20-11(25)5-18-2)12(26)21-8(4-10(17)24)14(28)22-16(31,32-3)15(29)30/h7-9,18,23,31H,4-6H2,1-3H3,(H2,17,24)(H,19,27)(H,20,25)(H,21,26)(H,22,28)(H,29,30)/t7-,8-,9?,16?/m0/s1. The third kappa shape index (κ3) is 9.46. The molecule has 2 unspecified atom stereocenters. The van der Waals surface area contributed by atoms with Crippen LogP contribution >= 0.6 is 11.8 Å². The van der Waals surface area contributed by atoms with E-state index in [4.69, 9.17) is 10.8 Å². The van der Waals surface area contributed by atoms with Gasteiger partial charge in [-0.25, -0.2) is 4.79 Å². The Kier molecular flexibility index (Phi) is 12.2. The lowest BCUT2D eigenvalue weighted by Crippen LogP contribution is -2.60. The van der Waals surface area contributed by atoms with E-state index in [-0.39, 0.29) is 6.54 Å². The van der Waals surface area contributed by atoms with Crippen molar-refractivity contribution in [1.29, 1.82) is 0 Å². The Balaban J connectivity index is 5.22. The van der Waals surface area contributed by atoms with Crippen molar-refractivity contribution >= 4 is 47.3 Å². The van der Waals surface area contributed by atoms with Crippen LogP contribution in [0.1, 0.15) is 13.3 Å². The van der Waals surface area contributed by atoms with Crippen molar-refractivity contribution in [3.8, 4) is 0 Å². The number of carboxylic acid groups (broad SMARTS) is 1. The zero-order valence-electron chi connectivity index (χ0n) is 17.6. The number of primary amides is 1. The second kappa shape index (κ2) is 13.5. The zero-order valence-corrected chi connectivity index (χ0v) is 18.4. The Bertz CT molecular complexity index is 737. The first-order valence-corrected chi connectivity index (χ1v) is 10.3. The van der Waals surface area contributed by atoms with Crippen molar-refractivity contribution in [2.45, 2.75) is 36.5 Å². The van der Waals surface area contributed by atoms with E-state index in [9.17, 15) is 39.0 Å². The van der Waals surface area contributed by atoms with Crippen molar-refractivity contribution in [2.24, 2.45) is 5.73 Å². The maximum atomic E-state index is 12.4. The third-order valence-electron chi connectivity index (χ3n) is 3.84. The summed E-state index contributed by atoms with van der Waals surface area (Å²) in [6.45, 7) is 0.332. The van der Waals surface area contributed by atoms with Crippen LogP contribution in [0.5, 0.6) is 0 Å². The van der Waals surface area contributed by atoms with Gasteiger partial charge in [0.15, 0.2) is 0 Å². The summed E-state index contributed by atoms with van der Waals surface area (Å²) in [5.41, 5.74) is 5.05. The van der Waals surface area contributed by atoms with Crippen molar-refractivity contribution in [3.05, 3.63) is 0 Å². The van der Waals surface area contributed by atoms with E-state index in [1.54, 1.807) is 5.32 Å². The summed E-state index contributed by atoms with van der Waals surface area (Å²) in [6.07, 6.45) is 0.461. The molecule has 182 valence electrons. The number of thioether (sulfide) groups is 1. The number of carbonyl (C=O) groups excluding carboxylic acids is 5. The summed E-state index contributed by atoms with van der Waals surface area (Å²) in [5.74, 6) is -6.49. The first-order valence-electron chi connectivity index (χ1n) is 9.08. The first-order chi connectivity index (χ1) is 14.8. The van der Waals surface area contributed by atoms with Crippen LogP contribution < -0.4 is 32.3 Å². The fraction of sp³-hybridized carbons (Fsp3) is 0.625. The van der Waals surface area contributed by atoms with Crippen LogP contribution in [-0.4, -0.2) is 100 Å². The molecule has 0 rings (SSSR count). The first kappa shape index (κ1) is 29.1. The number of likely N-dealkylation sites (N-methyl/N-ethyl adjacent to an activating group) is 1. The average molecular weight is 481 g/mol. The van der Waals surface area contributed by atoms with E-state index in [1.807, 2.05) is 0 Å². The topological polar surface area (TPSA) is 249 Å². The molecule has 0 fully saturated rings. The molecule has 0 aliphatic heterocycles. The molecular weight excluding hydrogens is 452 g/mol. The van der Waals surface area contributed by atoms with Gasteiger partial charge in [0.05, 0.1) is 19.6 Å². The maximum absolute atomic E-state index is 12.4. The number of aliphatic hydroxyl groups is 2. The molecule has 4 atom stereocenters. The highest BCUT2D eigenvalue weighted by atomic mass is 32.2. The van der Waals surface area contributed by atoms with Crippen LogP contribution in [-0.2, 0) is 28.8 Å².